The third kappa shape index (κ3) is 12.9. The number of phenols is 1. The molecule has 60 heavy (non-hydrogen) atoms. The molecule has 0 radical (unpaired) electrons. The predicted octanol–water partition coefficient (Wildman–Crippen LogP) is 4.54. The maximum Gasteiger partial charge on any atom is 0.326 e. The fourth-order valence-electron chi connectivity index (χ4n) is 6.85. The quantitative estimate of drug-likeness (QED) is 0.0518. The second-order valence-corrected chi connectivity index (χ2v) is 14.8. The van der Waals surface area contributed by atoms with E-state index in [4.69, 9.17) is 10.5 Å². The Labute approximate surface area is 349 Å². The van der Waals surface area contributed by atoms with Crippen LogP contribution >= 0.6 is 0 Å². The number of carboxylic acids is 1. The van der Waals surface area contributed by atoms with Crippen molar-refractivity contribution in [2.24, 2.45) is 5.73 Å². The van der Waals surface area contributed by atoms with Crippen molar-refractivity contribution in [3.63, 3.8) is 0 Å². The number of unbranched alkanes of at least 4 members (excludes halogenated alkanes) is 1. The molecule has 0 aromatic heterocycles. The van der Waals surface area contributed by atoms with E-state index < -0.39 is 53.8 Å². The van der Waals surface area contributed by atoms with Gasteiger partial charge in [-0.1, -0.05) is 97.1 Å². The minimum Gasteiger partial charge on any atom is -0.508 e. The minimum absolute atomic E-state index is 0.0146. The highest BCUT2D eigenvalue weighted by Crippen LogP contribution is 2.25. The molecule has 5 rings (SSSR count). The number of methoxy groups -OCH3 is 1. The Morgan fingerprint density at radius 1 is 0.583 bits per heavy atom. The summed E-state index contributed by atoms with van der Waals surface area (Å²) in [5.41, 5.74) is 8.56. The number of aromatic hydroxyl groups is 1. The van der Waals surface area contributed by atoms with Gasteiger partial charge in [0.25, 0.3) is 0 Å². The van der Waals surface area contributed by atoms with Crippen LogP contribution in [0.1, 0.15) is 54.4 Å². The number of aliphatic carboxylic acids is 1. The lowest BCUT2D eigenvalue weighted by Crippen LogP contribution is -2.58. The zero-order valence-corrected chi connectivity index (χ0v) is 33.8. The van der Waals surface area contributed by atoms with E-state index in [1.54, 1.807) is 38.3 Å². The van der Waals surface area contributed by atoms with Gasteiger partial charge >= 0.3 is 5.97 Å². The van der Waals surface area contributed by atoms with Gasteiger partial charge in [-0.15, -0.1) is 0 Å². The van der Waals surface area contributed by atoms with Crippen LogP contribution in [0.25, 0.3) is 10.8 Å². The number of amides is 4. The SMILES string of the molecule is COc1ccc2cc(C(C)C(=O)NC(Cc3ccccc3)C(=O)NC(Cc3ccccc3)C(=O)NC(CCCCN)C(=O)NC(Cc3ccc(O)cc3)C(=O)O)ccc2c1. The molecule has 5 atom stereocenters. The number of carbonyl (C=O) groups excluding carboxylic acids is 4. The van der Waals surface area contributed by atoms with Crippen molar-refractivity contribution in [3.05, 3.63) is 144 Å². The molecule has 5 unspecified atom stereocenters. The molecular formula is C47H53N5O8. The standard InChI is InChI=1S/C47H53N5O8/c1-30(34-18-19-36-29-38(60-2)23-20-35(36)28-34)43(54)50-40(25-31-11-5-3-6-12-31)46(57)51-41(26-32-13-7-4-8-14-32)45(56)49-39(15-9-10-24-48)44(55)52-42(47(58)59)27-33-16-21-37(53)22-17-33/h3-8,11-14,16-23,28-30,39-42,53H,9-10,15,24-27,48H2,1-2H3,(H,49,56)(H,50,54)(H,51,57)(H,52,55)(H,58,59). The third-order valence-corrected chi connectivity index (χ3v) is 10.4. The normalized spacial score (nSPS) is 13.5. The monoisotopic (exact) mass is 815 g/mol. The molecule has 0 saturated heterocycles. The van der Waals surface area contributed by atoms with Gasteiger partial charge in [0, 0.05) is 19.3 Å². The first-order valence-corrected chi connectivity index (χ1v) is 20.0. The summed E-state index contributed by atoms with van der Waals surface area (Å²) in [6, 6.07) is 30.8. The van der Waals surface area contributed by atoms with E-state index in [9.17, 15) is 34.2 Å². The second-order valence-electron chi connectivity index (χ2n) is 14.8. The van der Waals surface area contributed by atoms with Crippen molar-refractivity contribution in [1.29, 1.82) is 0 Å². The summed E-state index contributed by atoms with van der Waals surface area (Å²) in [6.07, 6.45) is 1.27. The summed E-state index contributed by atoms with van der Waals surface area (Å²) in [5, 5.41) is 32.7. The molecule has 0 aliphatic heterocycles. The van der Waals surface area contributed by atoms with Crippen LogP contribution in [0.15, 0.2) is 121 Å². The summed E-state index contributed by atoms with van der Waals surface area (Å²) < 4.78 is 5.35. The van der Waals surface area contributed by atoms with E-state index in [1.165, 1.54) is 12.1 Å². The molecule has 0 fully saturated rings. The molecule has 8 N–H and O–H groups in total. The number of fused-ring (bicyclic) bond motifs is 1. The van der Waals surface area contributed by atoms with Crippen LogP contribution in [0.2, 0.25) is 0 Å². The first kappa shape index (κ1) is 44.4. The van der Waals surface area contributed by atoms with Crippen molar-refractivity contribution < 1.29 is 38.9 Å². The molecule has 0 heterocycles. The summed E-state index contributed by atoms with van der Waals surface area (Å²) in [4.78, 5) is 68.5. The Bertz CT molecular complexity index is 2220. The van der Waals surface area contributed by atoms with Gasteiger partial charge in [-0.2, -0.15) is 0 Å². The number of hydrogen-bond acceptors (Lipinski definition) is 8. The van der Waals surface area contributed by atoms with Crippen LogP contribution < -0.4 is 31.7 Å². The van der Waals surface area contributed by atoms with Gasteiger partial charge in [-0.05, 0) is 90.0 Å². The molecule has 0 aliphatic carbocycles. The van der Waals surface area contributed by atoms with Crippen molar-refractivity contribution in [3.8, 4) is 11.5 Å². The Balaban J connectivity index is 1.37. The van der Waals surface area contributed by atoms with E-state index in [-0.39, 0.29) is 37.3 Å². The Kier molecular flexibility index (Phi) is 16.2. The number of nitrogens with two attached hydrogens (primary N) is 1. The second kappa shape index (κ2) is 21.9. The molecular weight excluding hydrogens is 763 g/mol. The number of phenolic OH excluding ortho intramolecular Hbond substituents is 1. The molecule has 13 heteroatoms. The zero-order chi connectivity index (χ0) is 43.0. The Morgan fingerprint density at radius 2 is 1.07 bits per heavy atom. The fourth-order valence-corrected chi connectivity index (χ4v) is 6.85. The van der Waals surface area contributed by atoms with E-state index in [0.717, 1.165) is 27.5 Å². The summed E-state index contributed by atoms with van der Waals surface area (Å²) >= 11 is 0. The molecule has 5 aromatic carbocycles. The van der Waals surface area contributed by atoms with Crippen molar-refractivity contribution in [1.82, 2.24) is 21.3 Å². The highest BCUT2D eigenvalue weighted by Gasteiger charge is 2.32. The van der Waals surface area contributed by atoms with Gasteiger partial charge in [0.15, 0.2) is 0 Å². The van der Waals surface area contributed by atoms with Gasteiger partial charge in [0.05, 0.1) is 13.0 Å². The van der Waals surface area contributed by atoms with Crippen LogP contribution in [-0.2, 0) is 43.2 Å². The highest BCUT2D eigenvalue weighted by atomic mass is 16.5. The maximum absolute atomic E-state index is 14.3. The third-order valence-electron chi connectivity index (χ3n) is 10.4. The molecule has 0 bridgehead atoms. The van der Waals surface area contributed by atoms with E-state index in [2.05, 4.69) is 21.3 Å². The van der Waals surface area contributed by atoms with Gasteiger partial charge < -0.3 is 42.0 Å². The fraction of sp³-hybridized carbons (Fsp3) is 0.298. The molecule has 5 aromatic rings. The van der Waals surface area contributed by atoms with Gasteiger partial charge in [-0.3, -0.25) is 19.2 Å². The highest BCUT2D eigenvalue weighted by molar-refractivity contribution is 5.96. The summed E-state index contributed by atoms with van der Waals surface area (Å²) in [6.45, 7) is 2.11. The smallest absolute Gasteiger partial charge is 0.326 e. The van der Waals surface area contributed by atoms with Crippen molar-refractivity contribution in [2.45, 2.75) is 75.5 Å². The largest absolute Gasteiger partial charge is 0.508 e. The van der Waals surface area contributed by atoms with Crippen LogP contribution in [0.5, 0.6) is 11.5 Å². The molecule has 13 nitrogen and oxygen atoms in total. The van der Waals surface area contributed by atoms with Crippen molar-refractivity contribution >= 4 is 40.4 Å². The summed E-state index contributed by atoms with van der Waals surface area (Å²) in [5.74, 6) is -3.56. The van der Waals surface area contributed by atoms with E-state index in [1.807, 2.05) is 84.9 Å². The number of rotatable bonds is 21. The first-order chi connectivity index (χ1) is 28.9. The number of carbonyl (C=O) groups is 5. The van der Waals surface area contributed by atoms with Crippen molar-refractivity contribution in [2.75, 3.05) is 13.7 Å². The maximum atomic E-state index is 14.3. The Hall–Kier alpha value is -6.73. The lowest BCUT2D eigenvalue weighted by atomic mass is 9.96. The molecule has 4 amide bonds. The Morgan fingerprint density at radius 3 is 1.63 bits per heavy atom. The molecule has 314 valence electrons. The minimum atomic E-state index is -1.33. The van der Waals surface area contributed by atoms with Crippen LogP contribution in [0.3, 0.4) is 0 Å². The number of hydrogen-bond donors (Lipinski definition) is 7. The molecule has 0 aliphatic rings. The lowest BCUT2D eigenvalue weighted by molar-refractivity contribution is -0.142. The van der Waals surface area contributed by atoms with E-state index >= 15 is 0 Å². The zero-order valence-electron chi connectivity index (χ0n) is 33.8. The molecule has 0 spiro atoms. The van der Waals surface area contributed by atoms with Gasteiger partial charge in [-0.25, -0.2) is 4.79 Å². The summed E-state index contributed by atoms with van der Waals surface area (Å²) in [7, 11) is 1.60. The van der Waals surface area contributed by atoms with Crippen LogP contribution in [-0.4, -0.2) is 77.6 Å². The molecule has 0 saturated carbocycles. The number of nitrogens with one attached hydrogen (secondary N) is 4. The number of ether oxygens (including phenoxy) is 1. The van der Waals surface area contributed by atoms with Crippen LogP contribution in [0, 0.1) is 0 Å². The predicted molar refractivity (Wildman–Crippen MR) is 229 cm³/mol. The van der Waals surface area contributed by atoms with Crippen LogP contribution in [0.4, 0.5) is 0 Å². The number of benzene rings is 5. The van der Waals surface area contributed by atoms with Gasteiger partial charge in [0.2, 0.25) is 23.6 Å². The lowest BCUT2D eigenvalue weighted by Gasteiger charge is -2.27. The average Bonchev–Trinajstić information content (AvgIpc) is 3.25. The van der Waals surface area contributed by atoms with E-state index in [0.29, 0.717) is 30.7 Å². The topological polar surface area (TPSA) is 209 Å². The number of carboxylic acid groups (broad SMARTS) is 1. The van der Waals surface area contributed by atoms with Gasteiger partial charge in [0.1, 0.15) is 35.7 Å². The first-order valence-electron chi connectivity index (χ1n) is 20.0. The average molecular weight is 816 g/mol.